The molecule has 2 aliphatic carbocycles. The minimum absolute atomic E-state index is 0.0958. The molecule has 17 heavy (non-hydrogen) atoms. The lowest BCUT2D eigenvalue weighted by Gasteiger charge is -2.22. The van der Waals surface area contributed by atoms with Gasteiger partial charge in [-0.2, -0.15) is 18.3 Å². The zero-order valence-corrected chi connectivity index (χ0v) is 10.3. The summed E-state index contributed by atoms with van der Waals surface area (Å²) in [5.74, 6) is 2.53. The molecule has 2 nitrogen and oxygen atoms in total. The number of aromatic nitrogens is 2. The molecule has 0 amide bonds. The SMILES string of the molecule is FC(F)(F)c1n[nH]c2c1[C@H]1C[C@H]1C21SCCS1. The van der Waals surface area contributed by atoms with Crippen LogP contribution in [0.2, 0.25) is 0 Å². The van der Waals surface area contributed by atoms with Gasteiger partial charge in [0, 0.05) is 17.1 Å². The maximum absolute atomic E-state index is 12.8. The lowest BCUT2D eigenvalue weighted by molar-refractivity contribution is -0.141. The van der Waals surface area contributed by atoms with E-state index in [4.69, 9.17) is 0 Å². The lowest BCUT2D eigenvalue weighted by Crippen LogP contribution is -2.15. The molecule has 7 heteroatoms. The Kier molecular flexibility index (Phi) is 1.86. The highest BCUT2D eigenvalue weighted by Crippen LogP contribution is 2.75. The van der Waals surface area contributed by atoms with Gasteiger partial charge in [0.2, 0.25) is 0 Å². The van der Waals surface area contributed by atoms with Crippen molar-refractivity contribution in [1.82, 2.24) is 10.2 Å². The normalized spacial score (nSPS) is 32.9. The van der Waals surface area contributed by atoms with Crippen LogP contribution >= 0.6 is 23.5 Å². The van der Waals surface area contributed by atoms with Crippen molar-refractivity contribution in [3.05, 3.63) is 17.0 Å². The van der Waals surface area contributed by atoms with Gasteiger partial charge in [0.15, 0.2) is 5.69 Å². The number of hydrogen-bond donors (Lipinski definition) is 1. The first-order valence-corrected chi connectivity index (χ1v) is 7.45. The molecule has 1 aromatic rings. The van der Waals surface area contributed by atoms with Crippen molar-refractivity contribution in [1.29, 1.82) is 0 Å². The summed E-state index contributed by atoms with van der Waals surface area (Å²) in [7, 11) is 0. The molecule has 92 valence electrons. The van der Waals surface area contributed by atoms with Crippen molar-refractivity contribution in [3.63, 3.8) is 0 Å². The third-order valence-corrected chi connectivity index (χ3v) is 7.44. The Morgan fingerprint density at radius 1 is 1.29 bits per heavy atom. The summed E-state index contributed by atoms with van der Waals surface area (Å²) in [5, 5.41) is 6.20. The van der Waals surface area contributed by atoms with E-state index < -0.39 is 11.9 Å². The first kappa shape index (κ1) is 10.6. The van der Waals surface area contributed by atoms with Gasteiger partial charge >= 0.3 is 6.18 Å². The highest BCUT2D eigenvalue weighted by molar-refractivity contribution is 8.20. The smallest absolute Gasteiger partial charge is 0.279 e. The Balaban J connectivity index is 1.89. The maximum Gasteiger partial charge on any atom is 0.435 e. The van der Waals surface area contributed by atoms with E-state index in [1.165, 1.54) is 0 Å². The Labute approximate surface area is 104 Å². The first-order valence-electron chi connectivity index (χ1n) is 5.48. The molecule has 2 heterocycles. The molecule has 1 aromatic heterocycles. The maximum atomic E-state index is 12.8. The van der Waals surface area contributed by atoms with Crippen LogP contribution in [-0.2, 0) is 10.3 Å². The van der Waals surface area contributed by atoms with Crippen molar-refractivity contribution in [2.45, 2.75) is 22.6 Å². The standard InChI is InChI=1S/C10H9F3N2S2/c11-10(12,13)8-6-4-3-5(4)9(7(6)14-15-8)16-1-2-17-9/h4-5H,1-3H2,(H,14,15)/t4-,5+/m0/s1. The number of alkyl halides is 3. The molecule has 1 spiro atoms. The fraction of sp³-hybridized carbons (Fsp3) is 0.700. The summed E-state index contributed by atoms with van der Waals surface area (Å²) in [4.78, 5) is 0. The number of nitrogens with zero attached hydrogens (tertiary/aromatic N) is 1. The zero-order chi connectivity index (χ0) is 11.8. The fourth-order valence-corrected chi connectivity index (χ4v) is 6.75. The van der Waals surface area contributed by atoms with E-state index >= 15 is 0 Å². The van der Waals surface area contributed by atoms with Gasteiger partial charge in [0.1, 0.15) is 4.08 Å². The van der Waals surface area contributed by atoms with Gasteiger partial charge < -0.3 is 0 Å². The third kappa shape index (κ3) is 1.19. The van der Waals surface area contributed by atoms with Crippen LogP contribution in [0.4, 0.5) is 13.2 Å². The number of rotatable bonds is 0. The van der Waals surface area contributed by atoms with Crippen LogP contribution in [-0.4, -0.2) is 21.7 Å². The van der Waals surface area contributed by atoms with Crippen LogP contribution in [0.3, 0.4) is 0 Å². The van der Waals surface area contributed by atoms with Crippen LogP contribution in [0.15, 0.2) is 0 Å². The van der Waals surface area contributed by atoms with Crippen LogP contribution in [0.5, 0.6) is 0 Å². The predicted molar refractivity (Wildman–Crippen MR) is 61.0 cm³/mol. The Hall–Kier alpha value is -0.300. The van der Waals surface area contributed by atoms with Gasteiger partial charge in [-0.1, -0.05) is 0 Å². The van der Waals surface area contributed by atoms with Crippen molar-refractivity contribution < 1.29 is 13.2 Å². The predicted octanol–water partition coefficient (Wildman–Crippen LogP) is 3.18. The van der Waals surface area contributed by atoms with Crippen LogP contribution in [0, 0.1) is 5.92 Å². The van der Waals surface area contributed by atoms with E-state index in [9.17, 15) is 13.2 Å². The molecule has 1 saturated carbocycles. The van der Waals surface area contributed by atoms with E-state index in [2.05, 4.69) is 10.2 Å². The molecule has 2 atom stereocenters. The Morgan fingerprint density at radius 2 is 2.00 bits per heavy atom. The Morgan fingerprint density at radius 3 is 2.65 bits per heavy atom. The van der Waals surface area contributed by atoms with Crippen molar-refractivity contribution in [2.75, 3.05) is 11.5 Å². The molecule has 2 fully saturated rings. The number of aromatic amines is 1. The molecular formula is C10H9F3N2S2. The van der Waals surface area contributed by atoms with Gasteiger partial charge in [-0.15, -0.1) is 23.5 Å². The summed E-state index contributed by atoms with van der Waals surface area (Å²) in [5.41, 5.74) is 0.535. The molecule has 0 radical (unpaired) electrons. The van der Waals surface area contributed by atoms with Crippen molar-refractivity contribution >= 4 is 23.5 Å². The van der Waals surface area contributed by atoms with E-state index in [0.717, 1.165) is 23.6 Å². The van der Waals surface area contributed by atoms with Crippen LogP contribution in [0.25, 0.3) is 0 Å². The zero-order valence-electron chi connectivity index (χ0n) is 8.67. The monoisotopic (exact) mass is 278 g/mol. The number of nitrogens with one attached hydrogen (secondary N) is 1. The number of thioether (sulfide) groups is 2. The molecule has 4 rings (SSSR count). The average Bonchev–Trinajstić information content (AvgIpc) is 2.69. The minimum atomic E-state index is -4.32. The lowest BCUT2D eigenvalue weighted by atomic mass is 10.1. The summed E-state index contributed by atoms with van der Waals surface area (Å²) < 4.78 is 38.4. The third-order valence-electron chi connectivity index (χ3n) is 3.79. The van der Waals surface area contributed by atoms with Crippen LogP contribution in [0.1, 0.15) is 29.3 Å². The fourth-order valence-electron chi connectivity index (χ4n) is 3.10. The van der Waals surface area contributed by atoms with Gasteiger partial charge in [-0.25, -0.2) is 0 Å². The molecule has 0 aromatic carbocycles. The van der Waals surface area contributed by atoms with Gasteiger partial charge in [0.05, 0.1) is 5.69 Å². The number of hydrogen-bond acceptors (Lipinski definition) is 3. The topological polar surface area (TPSA) is 28.7 Å². The summed E-state index contributed by atoms with van der Waals surface area (Å²) >= 11 is 3.59. The second-order valence-corrected chi connectivity index (χ2v) is 7.61. The van der Waals surface area contributed by atoms with E-state index in [1.54, 1.807) is 23.5 Å². The van der Waals surface area contributed by atoms with Gasteiger partial charge in [0.25, 0.3) is 0 Å². The van der Waals surface area contributed by atoms with E-state index in [1.807, 2.05) is 0 Å². The summed E-state index contributed by atoms with van der Waals surface area (Å²) in [6, 6.07) is 0. The summed E-state index contributed by atoms with van der Waals surface area (Å²) in [6.07, 6.45) is -3.42. The molecule has 1 saturated heterocycles. The molecule has 1 N–H and O–H groups in total. The number of fused-ring (bicyclic) bond motifs is 5. The molecule has 0 bridgehead atoms. The number of halogens is 3. The minimum Gasteiger partial charge on any atom is -0.279 e. The molecule has 1 aliphatic heterocycles. The molecule has 0 unspecified atom stereocenters. The molecular weight excluding hydrogens is 269 g/mol. The number of H-pyrrole nitrogens is 1. The van der Waals surface area contributed by atoms with Crippen LogP contribution < -0.4 is 0 Å². The van der Waals surface area contributed by atoms with Gasteiger partial charge in [-0.05, 0) is 18.3 Å². The second kappa shape index (κ2) is 2.99. The van der Waals surface area contributed by atoms with Crippen molar-refractivity contribution in [3.8, 4) is 0 Å². The van der Waals surface area contributed by atoms with Gasteiger partial charge in [-0.3, -0.25) is 5.10 Å². The first-order chi connectivity index (χ1) is 8.04. The highest BCUT2D eigenvalue weighted by atomic mass is 32.2. The van der Waals surface area contributed by atoms with E-state index in [0.29, 0.717) is 11.5 Å². The second-order valence-electron chi connectivity index (χ2n) is 4.67. The highest BCUT2D eigenvalue weighted by Gasteiger charge is 2.66. The van der Waals surface area contributed by atoms with E-state index in [-0.39, 0.29) is 10.00 Å². The average molecular weight is 278 g/mol. The molecule has 3 aliphatic rings. The Bertz CT molecular complexity index is 490. The summed E-state index contributed by atoms with van der Waals surface area (Å²) in [6.45, 7) is 0. The van der Waals surface area contributed by atoms with Crippen molar-refractivity contribution in [2.24, 2.45) is 5.92 Å². The quantitative estimate of drug-likeness (QED) is 0.790. The largest absolute Gasteiger partial charge is 0.435 e.